The number of halogens is 1. The second-order valence-electron chi connectivity index (χ2n) is 6.25. The number of ether oxygens (including phenoxy) is 1. The van der Waals surface area contributed by atoms with E-state index in [1.807, 2.05) is 12.1 Å². The smallest absolute Gasteiger partial charge is 0.129 e. The van der Waals surface area contributed by atoms with Gasteiger partial charge in [0.15, 0.2) is 0 Å². The molecule has 0 amide bonds. The van der Waals surface area contributed by atoms with Gasteiger partial charge in [-0.25, -0.2) is 4.98 Å². The van der Waals surface area contributed by atoms with Crippen LogP contribution in [0.1, 0.15) is 33.3 Å². The summed E-state index contributed by atoms with van der Waals surface area (Å²) in [5, 5.41) is 0.555. The van der Waals surface area contributed by atoms with Crippen LogP contribution >= 0.6 is 11.6 Å². The van der Waals surface area contributed by atoms with E-state index in [4.69, 9.17) is 16.3 Å². The van der Waals surface area contributed by atoms with Gasteiger partial charge in [0.25, 0.3) is 0 Å². The Hall–Kier alpha value is -0.640. The van der Waals surface area contributed by atoms with Crippen LogP contribution < -0.4 is 0 Å². The SMILES string of the molecule is CC1(C)CN(Cc2ccnc(Cl)c2)CC(C)(C)O1. The molecular formula is C14H21ClN2O. The Morgan fingerprint density at radius 3 is 2.44 bits per heavy atom. The molecule has 4 heteroatoms. The summed E-state index contributed by atoms with van der Waals surface area (Å²) in [7, 11) is 0. The molecule has 1 aromatic rings. The summed E-state index contributed by atoms with van der Waals surface area (Å²) in [6.45, 7) is 11.3. The van der Waals surface area contributed by atoms with Crippen LogP contribution in [0.25, 0.3) is 0 Å². The number of hydrogen-bond acceptors (Lipinski definition) is 3. The third-order valence-electron chi connectivity index (χ3n) is 2.96. The van der Waals surface area contributed by atoms with Crippen LogP contribution in [0.3, 0.4) is 0 Å². The molecule has 1 fully saturated rings. The molecule has 100 valence electrons. The first-order valence-corrected chi connectivity index (χ1v) is 6.67. The van der Waals surface area contributed by atoms with Crippen molar-refractivity contribution in [3.63, 3.8) is 0 Å². The molecule has 0 spiro atoms. The summed E-state index contributed by atoms with van der Waals surface area (Å²) in [6, 6.07) is 3.94. The zero-order chi connectivity index (χ0) is 13.4. The fourth-order valence-corrected chi connectivity index (χ4v) is 3.05. The molecule has 1 aromatic heterocycles. The summed E-state index contributed by atoms with van der Waals surface area (Å²) in [5.74, 6) is 0. The van der Waals surface area contributed by atoms with E-state index in [9.17, 15) is 0 Å². The van der Waals surface area contributed by atoms with E-state index in [1.165, 1.54) is 5.56 Å². The quantitative estimate of drug-likeness (QED) is 0.771. The fraction of sp³-hybridized carbons (Fsp3) is 0.643. The summed E-state index contributed by atoms with van der Waals surface area (Å²) in [6.07, 6.45) is 1.76. The minimum absolute atomic E-state index is 0.113. The van der Waals surface area contributed by atoms with E-state index >= 15 is 0 Å². The lowest BCUT2D eigenvalue weighted by atomic mass is 9.98. The molecule has 2 heterocycles. The van der Waals surface area contributed by atoms with E-state index in [0.717, 1.165) is 19.6 Å². The maximum atomic E-state index is 6.07. The minimum Gasteiger partial charge on any atom is -0.367 e. The van der Waals surface area contributed by atoms with Crippen LogP contribution in [0, 0.1) is 0 Å². The molecule has 1 saturated heterocycles. The molecule has 0 radical (unpaired) electrons. The highest BCUT2D eigenvalue weighted by Crippen LogP contribution is 2.29. The van der Waals surface area contributed by atoms with E-state index in [0.29, 0.717) is 5.15 Å². The Bertz CT molecular complexity index is 416. The first-order chi connectivity index (χ1) is 8.26. The van der Waals surface area contributed by atoms with Crippen molar-refractivity contribution in [2.24, 2.45) is 0 Å². The highest BCUT2D eigenvalue weighted by molar-refractivity contribution is 6.29. The Balaban J connectivity index is 2.09. The maximum Gasteiger partial charge on any atom is 0.129 e. The van der Waals surface area contributed by atoms with Crippen molar-refractivity contribution in [1.82, 2.24) is 9.88 Å². The molecule has 0 unspecified atom stereocenters. The number of nitrogens with zero attached hydrogens (tertiary/aromatic N) is 2. The Morgan fingerprint density at radius 1 is 1.28 bits per heavy atom. The molecule has 2 rings (SSSR count). The molecule has 1 aliphatic heterocycles. The summed E-state index contributed by atoms with van der Waals surface area (Å²) in [5.41, 5.74) is 0.973. The van der Waals surface area contributed by atoms with E-state index in [2.05, 4.69) is 37.6 Å². The lowest BCUT2D eigenvalue weighted by Crippen LogP contribution is -2.56. The Labute approximate surface area is 114 Å². The predicted octanol–water partition coefficient (Wildman–Crippen LogP) is 3.12. The van der Waals surface area contributed by atoms with Crippen molar-refractivity contribution in [3.05, 3.63) is 29.0 Å². The molecule has 0 N–H and O–H groups in total. The van der Waals surface area contributed by atoms with Crippen LogP contribution in [0.5, 0.6) is 0 Å². The largest absolute Gasteiger partial charge is 0.367 e. The average Bonchev–Trinajstić information content (AvgIpc) is 2.11. The number of aromatic nitrogens is 1. The summed E-state index contributed by atoms with van der Waals surface area (Å²) < 4.78 is 6.07. The molecule has 3 nitrogen and oxygen atoms in total. The number of rotatable bonds is 2. The van der Waals surface area contributed by atoms with Gasteiger partial charge in [0.2, 0.25) is 0 Å². The highest BCUT2D eigenvalue weighted by atomic mass is 35.5. The van der Waals surface area contributed by atoms with Gasteiger partial charge in [0, 0.05) is 25.8 Å². The second kappa shape index (κ2) is 4.80. The van der Waals surface area contributed by atoms with Crippen LogP contribution in [0.2, 0.25) is 5.15 Å². The van der Waals surface area contributed by atoms with Gasteiger partial charge in [-0.1, -0.05) is 11.6 Å². The van der Waals surface area contributed by atoms with Gasteiger partial charge < -0.3 is 4.74 Å². The van der Waals surface area contributed by atoms with Crippen molar-refractivity contribution in [2.45, 2.75) is 45.4 Å². The first-order valence-electron chi connectivity index (χ1n) is 6.29. The third kappa shape index (κ3) is 3.67. The van der Waals surface area contributed by atoms with Crippen LogP contribution in [-0.4, -0.2) is 34.2 Å². The minimum atomic E-state index is -0.113. The normalized spacial score (nSPS) is 22.9. The Morgan fingerprint density at radius 2 is 1.89 bits per heavy atom. The molecular weight excluding hydrogens is 248 g/mol. The van der Waals surface area contributed by atoms with Crippen molar-refractivity contribution >= 4 is 11.6 Å². The monoisotopic (exact) mass is 268 g/mol. The molecule has 0 aromatic carbocycles. The highest BCUT2D eigenvalue weighted by Gasteiger charge is 2.37. The van der Waals surface area contributed by atoms with Crippen LogP contribution in [0.4, 0.5) is 0 Å². The van der Waals surface area contributed by atoms with Gasteiger partial charge in [0.1, 0.15) is 5.15 Å². The number of hydrogen-bond donors (Lipinski definition) is 0. The van der Waals surface area contributed by atoms with Gasteiger partial charge in [-0.3, -0.25) is 4.90 Å². The number of pyridine rings is 1. The third-order valence-corrected chi connectivity index (χ3v) is 3.17. The zero-order valence-corrected chi connectivity index (χ0v) is 12.3. The van der Waals surface area contributed by atoms with E-state index in [1.54, 1.807) is 6.20 Å². The second-order valence-corrected chi connectivity index (χ2v) is 6.64. The van der Waals surface area contributed by atoms with Gasteiger partial charge in [0.05, 0.1) is 11.2 Å². The van der Waals surface area contributed by atoms with E-state index < -0.39 is 0 Å². The Kier molecular flexibility index (Phi) is 3.67. The first kappa shape index (κ1) is 13.8. The molecule has 0 saturated carbocycles. The van der Waals surface area contributed by atoms with Crippen molar-refractivity contribution in [3.8, 4) is 0 Å². The van der Waals surface area contributed by atoms with E-state index in [-0.39, 0.29) is 11.2 Å². The molecule has 0 bridgehead atoms. The van der Waals surface area contributed by atoms with Crippen molar-refractivity contribution in [2.75, 3.05) is 13.1 Å². The molecule has 0 atom stereocenters. The maximum absolute atomic E-state index is 6.07. The topological polar surface area (TPSA) is 25.4 Å². The summed E-state index contributed by atoms with van der Waals surface area (Å²) in [4.78, 5) is 6.42. The van der Waals surface area contributed by atoms with Gasteiger partial charge in [-0.05, 0) is 45.4 Å². The van der Waals surface area contributed by atoms with Crippen LogP contribution in [-0.2, 0) is 11.3 Å². The van der Waals surface area contributed by atoms with Gasteiger partial charge in [-0.15, -0.1) is 0 Å². The fourth-order valence-electron chi connectivity index (χ4n) is 2.86. The zero-order valence-electron chi connectivity index (χ0n) is 11.5. The predicted molar refractivity (Wildman–Crippen MR) is 73.8 cm³/mol. The molecule has 1 aliphatic rings. The standard InChI is InChI=1S/C14H21ClN2O/c1-13(2)9-17(10-14(3,4)18-13)8-11-5-6-16-12(15)7-11/h5-7H,8-10H2,1-4H3. The van der Waals surface area contributed by atoms with Gasteiger partial charge in [-0.2, -0.15) is 0 Å². The van der Waals surface area contributed by atoms with Crippen molar-refractivity contribution < 1.29 is 4.74 Å². The van der Waals surface area contributed by atoms with Gasteiger partial charge >= 0.3 is 0 Å². The van der Waals surface area contributed by atoms with Crippen molar-refractivity contribution in [1.29, 1.82) is 0 Å². The number of morpholine rings is 1. The summed E-state index contributed by atoms with van der Waals surface area (Å²) >= 11 is 5.92. The lowest BCUT2D eigenvalue weighted by molar-refractivity contribution is -0.182. The molecule has 18 heavy (non-hydrogen) atoms. The lowest BCUT2D eigenvalue weighted by Gasteiger charge is -2.47. The van der Waals surface area contributed by atoms with Crippen LogP contribution in [0.15, 0.2) is 18.3 Å². The average molecular weight is 269 g/mol. The molecule has 0 aliphatic carbocycles.